The van der Waals surface area contributed by atoms with Crippen molar-refractivity contribution in [2.24, 2.45) is 5.92 Å². The maximum absolute atomic E-state index is 3.51. The molecular weight excluding hydrogens is 208 g/mol. The molecule has 1 aliphatic rings. The Morgan fingerprint density at radius 2 is 2.18 bits per heavy atom. The van der Waals surface area contributed by atoms with Crippen LogP contribution in [0.4, 0.5) is 5.69 Å². The van der Waals surface area contributed by atoms with E-state index in [1.807, 2.05) is 0 Å². The molecule has 0 amide bonds. The number of nitrogens with zero attached hydrogens (tertiary/aromatic N) is 1. The molecule has 1 unspecified atom stereocenters. The fraction of sp³-hybridized carbons (Fsp3) is 0.600. The van der Waals surface area contributed by atoms with Crippen LogP contribution in [0.2, 0.25) is 0 Å². The molecule has 1 saturated heterocycles. The van der Waals surface area contributed by atoms with Gasteiger partial charge in [-0.15, -0.1) is 0 Å². The maximum Gasteiger partial charge on any atom is 0.0399 e. The Kier molecular flexibility index (Phi) is 4.43. The Balaban J connectivity index is 2.19. The summed E-state index contributed by atoms with van der Waals surface area (Å²) >= 11 is 0. The van der Waals surface area contributed by atoms with Crippen molar-refractivity contribution in [2.45, 2.75) is 26.7 Å². The standard InChI is InChI=1S/C15H24N2/c1-3-6-14-7-4-5-8-15(14)17-10-9-16-11-13(2)12-17/h4-5,7-8,13,16H,3,6,9-12H2,1-2H3. The number of nitrogens with one attached hydrogen (secondary N) is 1. The predicted octanol–water partition coefficient (Wildman–Crippen LogP) is 2.68. The van der Waals surface area contributed by atoms with Crippen LogP contribution in [0.1, 0.15) is 25.8 Å². The van der Waals surface area contributed by atoms with Crippen molar-refractivity contribution >= 4 is 5.69 Å². The van der Waals surface area contributed by atoms with E-state index in [9.17, 15) is 0 Å². The summed E-state index contributed by atoms with van der Waals surface area (Å²) in [5, 5.41) is 3.51. The van der Waals surface area contributed by atoms with Crippen molar-refractivity contribution in [1.82, 2.24) is 5.32 Å². The largest absolute Gasteiger partial charge is 0.370 e. The van der Waals surface area contributed by atoms with Crippen LogP contribution in [0.5, 0.6) is 0 Å². The van der Waals surface area contributed by atoms with Crippen LogP contribution in [0.15, 0.2) is 24.3 Å². The second-order valence-electron chi connectivity index (χ2n) is 5.13. The number of aryl methyl sites for hydroxylation is 1. The van der Waals surface area contributed by atoms with E-state index in [1.54, 1.807) is 0 Å². The minimum atomic E-state index is 0.729. The molecule has 17 heavy (non-hydrogen) atoms. The van der Waals surface area contributed by atoms with Gasteiger partial charge in [-0.05, 0) is 30.5 Å². The van der Waals surface area contributed by atoms with Crippen molar-refractivity contribution in [2.75, 3.05) is 31.1 Å². The first-order valence-corrected chi connectivity index (χ1v) is 6.85. The molecule has 0 radical (unpaired) electrons. The smallest absolute Gasteiger partial charge is 0.0399 e. The molecule has 0 aliphatic carbocycles. The summed E-state index contributed by atoms with van der Waals surface area (Å²) in [6, 6.07) is 8.89. The second kappa shape index (κ2) is 6.06. The summed E-state index contributed by atoms with van der Waals surface area (Å²) in [4.78, 5) is 2.55. The maximum atomic E-state index is 3.51. The molecule has 0 bridgehead atoms. The summed E-state index contributed by atoms with van der Waals surface area (Å²) in [5.74, 6) is 0.729. The Morgan fingerprint density at radius 3 is 3.00 bits per heavy atom. The molecule has 0 saturated carbocycles. The van der Waals surface area contributed by atoms with Crippen molar-refractivity contribution in [1.29, 1.82) is 0 Å². The first kappa shape index (κ1) is 12.4. The molecule has 0 aromatic heterocycles. The lowest BCUT2D eigenvalue weighted by atomic mass is 10.1. The van der Waals surface area contributed by atoms with Gasteiger partial charge in [0.1, 0.15) is 0 Å². The van der Waals surface area contributed by atoms with Gasteiger partial charge in [-0.3, -0.25) is 0 Å². The van der Waals surface area contributed by atoms with Crippen LogP contribution in [-0.4, -0.2) is 26.2 Å². The lowest BCUT2D eigenvalue weighted by molar-refractivity contribution is 0.563. The molecule has 1 atom stereocenters. The van der Waals surface area contributed by atoms with E-state index in [0.29, 0.717) is 0 Å². The zero-order valence-electron chi connectivity index (χ0n) is 11.1. The van der Waals surface area contributed by atoms with Crippen LogP contribution in [0.3, 0.4) is 0 Å². The molecule has 2 heteroatoms. The Bertz CT molecular complexity index is 349. The fourth-order valence-corrected chi connectivity index (χ4v) is 2.61. The minimum Gasteiger partial charge on any atom is -0.370 e. The number of para-hydroxylation sites is 1. The first-order valence-electron chi connectivity index (χ1n) is 6.85. The highest BCUT2D eigenvalue weighted by molar-refractivity contribution is 5.54. The molecule has 1 N–H and O–H groups in total. The minimum absolute atomic E-state index is 0.729. The van der Waals surface area contributed by atoms with Crippen molar-refractivity contribution < 1.29 is 0 Å². The van der Waals surface area contributed by atoms with Crippen LogP contribution in [0, 0.1) is 5.92 Å². The molecule has 94 valence electrons. The van der Waals surface area contributed by atoms with Gasteiger partial charge in [-0.2, -0.15) is 0 Å². The van der Waals surface area contributed by atoms with E-state index in [1.165, 1.54) is 30.6 Å². The highest BCUT2D eigenvalue weighted by Gasteiger charge is 2.16. The molecule has 1 aromatic carbocycles. The van der Waals surface area contributed by atoms with Crippen LogP contribution in [0.25, 0.3) is 0 Å². The number of benzene rings is 1. The Labute approximate surface area is 105 Å². The number of rotatable bonds is 3. The highest BCUT2D eigenvalue weighted by atomic mass is 15.2. The second-order valence-corrected chi connectivity index (χ2v) is 5.13. The van der Waals surface area contributed by atoms with Gasteiger partial charge >= 0.3 is 0 Å². The molecule has 1 fully saturated rings. The third-order valence-electron chi connectivity index (χ3n) is 3.43. The third kappa shape index (κ3) is 3.22. The van der Waals surface area contributed by atoms with Crippen molar-refractivity contribution in [3.8, 4) is 0 Å². The van der Waals surface area contributed by atoms with Crippen LogP contribution < -0.4 is 10.2 Å². The summed E-state index contributed by atoms with van der Waals surface area (Å²) < 4.78 is 0. The van der Waals surface area contributed by atoms with Gasteiger partial charge in [0.2, 0.25) is 0 Å². The molecule has 2 nitrogen and oxygen atoms in total. The van der Waals surface area contributed by atoms with E-state index in [0.717, 1.165) is 25.6 Å². The van der Waals surface area contributed by atoms with Gasteiger partial charge in [0.15, 0.2) is 0 Å². The number of anilines is 1. The Morgan fingerprint density at radius 1 is 1.35 bits per heavy atom. The third-order valence-corrected chi connectivity index (χ3v) is 3.43. The van der Waals surface area contributed by atoms with E-state index in [4.69, 9.17) is 0 Å². The fourth-order valence-electron chi connectivity index (χ4n) is 2.61. The van der Waals surface area contributed by atoms with Gasteiger partial charge in [-0.25, -0.2) is 0 Å². The van der Waals surface area contributed by atoms with Crippen LogP contribution >= 0.6 is 0 Å². The monoisotopic (exact) mass is 232 g/mol. The summed E-state index contributed by atoms with van der Waals surface area (Å²) in [6.07, 6.45) is 2.41. The zero-order chi connectivity index (χ0) is 12.1. The van der Waals surface area contributed by atoms with Gasteiger partial charge in [-0.1, -0.05) is 38.5 Å². The SMILES string of the molecule is CCCc1ccccc1N1CCNCC(C)C1. The Hall–Kier alpha value is -1.02. The number of hydrogen-bond donors (Lipinski definition) is 1. The van der Waals surface area contributed by atoms with Gasteiger partial charge in [0.25, 0.3) is 0 Å². The quantitative estimate of drug-likeness (QED) is 0.862. The molecule has 1 aromatic rings. The van der Waals surface area contributed by atoms with Crippen molar-refractivity contribution in [3.63, 3.8) is 0 Å². The molecule has 2 rings (SSSR count). The van der Waals surface area contributed by atoms with Gasteiger partial charge in [0.05, 0.1) is 0 Å². The van der Waals surface area contributed by atoms with E-state index in [-0.39, 0.29) is 0 Å². The average molecular weight is 232 g/mol. The first-order chi connectivity index (χ1) is 8.31. The molecule has 1 heterocycles. The lowest BCUT2D eigenvalue weighted by Gasteiger charge is -2.27. The molecule has 0 spiro atoms. The van der Waals surface area contributed by atoms with Gasteiger partial charge in [0, 0.05) is 25.3 Å². The summed E-state index contributed by atoms with van der Waals surface area (Å²) in [7, 11) is 0. The normalized spacial score (nSPS) is 21.3. The summed E-state index contributed by atoms with van der Waals surface area (Å²) in [5.41, 5.74) is 2.95. The van der Waals surface area contributed by atoms with Crippen molar-refractivity contribution in [3.05, 3.63) is 29.8 Å². The predicted molar refractivity (Wildman–Crippen MR) is 74.7 cm³/mol. The average Bonchev–Trinajstić information content (AvgIpc) is 2.55. The highest BCUT2D eigenvalue weighted by Crippen LogP contribution is 2.23. The summed E-state index contributed by atoms with van der Waals surface area (Å²) in [6.45, 7) is 9.13. The lowest BCUT2D eigenvalue weighted by Crippen LogP contribution is -2.30. The zero-order valence-corrected chi connectivity index (χ0v) is 11.1. The van der Waals surface area contributed by atoms with Gasteiger partial charge < -0.3 is 10.2 Å². The topological polar surface area (TPSA) is 15.3 Å². The number of hydrogen-bond acceptors (Lipinski definition) is 2. The van der Waals surface area contributed by atoms with E-state index >= 15 is 0 Å². The molecule has 1 aliphatic heterocycles. The van der Waals surface area contributed by atoms with E-state index < -0.39 is 0 Å². The van der Waals surface area contributed by atoms with Crippen LogP contribution in [-0.2, 0) is 6.42 Å². The molecular formula is C15H24N2. The van der Waals surface area contributed by atoms with E-state index in [2.05, 4.69) is 48.3 Å².